The first-order valence-electron chi connectivity index (χ1n) is 7.59. The van der Waals surface area contributed by atoms with Crippen molar-refractivity contribution >= 4 is 33.2 Å². The lowest BCUT2D eigenvalue weighted by atomic mass is 10.1. The lowest BCUT2D eigenvalue weighted by Gasteiger charge is -2.11. The number of nitro groups is 1. The molecular formula is C20H14N2O2. The second-order valence-electron chi connectivity index (χ2n) is 5.62. The molecule has 0 aliphatic heterocycles. The summed E-state index contributed by atoms with van der Waals surface area (Å²) in [5.74, 6) is 0. The summed E-state index contributed by atoms with van der Waals surface area (Å²) >= 11 is 0. The highest BCUT2D eigenvalue weighted by Gasteiger charge is 2.13. The SMILES string of the molecule is C=C(c1ccc([N+](=O)[O-])cc1)n1c2ccccc2c2ccccc21. The van der Waals surface area contributed by atoms with Crippen LogP contribution in [0.4, 0.5) is 5.69 Å². The number of fused-ring (bicyclic) bond motifs is 3. The Morgan fingerprint density at radius 3 is 1.83 bits per heavy atom. The summed E-state index contributed by atoms with van der Waals surface area (Å²) < 4.78 is 2.10. The number of benzene rings is 3. The molecule has 0 radical (unpaired) electrons. The zero-order valence-corrected chi connectivity index (χ0v) is 12.8. The fraction of sp³-hybridized carbons (Fsp3) is 0. The van der Waals surface area contributed by atoms with E-state index in [-0.39, 0.29) is 5.69 Å². The summed E-state index contributed by atoms with van der Waals surface area (Å²) in [4.78, 5) is 10.4. The number of rotatable bonds is 3. The van der Waals surface area contributed by atoms with E-state index in [0.717, 1.165) is 33.1 Å². The van der Waals surface area contributed by atoms with E-state index in [1.54, 1.807) is 12.1 Å². The van der Waals surface area contributed by atoms with Crippen LogP contribution in [0.3, 0.4) is 0 Å². The molecule has 0 saturated carbocycles. The van der Waals surface area contributed by atoms with Crippen molar-refractivity contribution in [1.29, 1.82) is 0 Å². The topological polar surface area (TPSA) is 48.1 Å². The summed E-state index contributed by atoms with van der Waals surface area (Å²) in [6, 6.07) is 22.9. The van der Waals surface area contributed by atoms with Crippen LogP contribution in [0.2, 0.25) is 0 Å². The number of nitrogens with zero attached hydrogens (tertiary/aromatic N) is 2. The molecule has 0 aliphatic rings. The molecule has 116 valence electrons. The molecule has 0 aliphatic carbocycles. The molecule has 0 atom stereocenters. The molecule has 0 amide bonds. The van der Waals surface area contributed by atoms with E-state index < -0.39 is 4.92 Å². The van der Waals surface area contributed by atoms with Crippen LogP contribution in [0.15, 0.2) is 79.4 Å². The molecule has 4 aromatic rings. The van der Waals surface area contributed by atoms with Gasteiger partial charge in [-0.25, -0.2) is 0 Å². The number of aromatic nitrogens is 1. The van der Waals surface area contributed by atoms with Gasteiger partial charge in [-0.2, -0.15) is 0 Å². The first kappa shape index (κ1) is 14.2. The second kappa shape index (κ2) is 5.35. The third-order valence-corrected chi connectivity index (χ3v) is 4.26. The molecule has 0 spiro atoms. The van der Waals surface area contributed by atoms with Crippen molar-refractivity contribution in [2.45, 2.75) is 0 Å². The van der Waals surface area contributed by atoms with Crippen LogP contribution in [0.1, 0.15) is 5.56 Å². The normalized spacial score (nSPS) is 11.0. The molecule has 0 fully saturated rings. The molecule has 1 aromatic heterocycles. The lowest BCUT2D eigenvalue weighted by molar-refractivity contribution is -0.384. The fourth-order valence-electron chi connectivity index (χ4n) is 3.12. The number of non-ortho nitro benzene ring substituents is 1. The average molecular weight is 314 g/mol. The smallest absolute Gasteiger partial charge is 0.269 e. The van der Waals surface area contributed by atoms with Gasteiger partial charge < -0.3 is 4.57 Å². The van der Waals surface area contributed by atoms with Gasteiger partial charge in [-0.05, 0) is 29.8 Å². The van der Waals surface area contributed by atoms with Crippen molar-refractivity contribution in [3.05, 3.63) is 95.1 Å². The van der Waals surface area contributed by atoms with Crippen molar-refractivity contribution < 1.29 is 4.92 Å². The van der Waals surface area contributed by atoms with Crippen LogP contribution in [-0.2, 0) is 0 Å². The van der Waals surface area contributed by atoms with Gasteiger partial charge in [-0.3, -0.25) is 10.1 Å². The van der Waals surface area contributed by atoms with Crippen molar-refractivity contribution in [2.75, 3.05) is 0 Å². The largest absolute Gasteiger partial charge is 0.309 e. The molecule has 0 bridgehead atoms. The Labute approximate surface area is 138 Å². The Bertz CT molecular complexity index is 1040. The maximum Gasteiger partial charge on any atom is 0.269 e. The second-order valence-corrected chi connectivity index (χ2v) is 5.62. The fourth-order valence-corrected chi connectivity index (χ4v) is 3.12. The summed E-state index contributed by atoms with van der Waals surface area (Å²) in [6.07, 6.45) is 0. The van der Waals surface area contributed by atoms with Crippen molar-refractivity contribution in [3.63, 3.8) is 0 Å². The Balaban J connectivity index is 1.94. The van der Waals surface area contributed by atoms with Gasteiger partial charge in [0.15, 0.2) is 0 Å². The van der Waals surface area contributed by atoms with Crippen LogP contribution in [-0.4, -0.2) is 9.49 Å². The van der Waals surface area contributed by atoms with Crippen LogP contribution in [0.5, 0.6) is 0 Å². The van der Waals surface area contributed by atoms with Gasteiger partial charge >= 0.3 is 0 Å². The van der Waals surface area contributed by atoms with E-state index in [2.05, 4.69) is 35.4 Å². The van der Waals surface area contributed by atoms with Crippen molar-refractivity contribution in [3.8, 4) is 0 Å². The third kappa shape index (κ3) is 2.08. The van der Waals surface area contributed by atoms with Crippen molar-refractivity contribution in [2.24, 2.45) is 0 Å². The quantitative estimate of drug-likeness (QED) is 0.384. The van der Waals surface area contributed by atoms with E-state index in [0.29, 0.717) is 0 Å². The maximum atomic E-state index is 10.8. The Morgan fingerprint density at radius 1 is 0.833 bits per heavy atom. The minimum absolute atomic E-state index is 0.0776. The molecule has 0 saturated heterocycles. The molecule has 4 nitrogen and oxygen atoms in total. The molecule has 4 heteroatoms. The molecule has 24 heavy (non-hydrogen) atoms. The molecule has 4 rings (SSSR count). The highest BCUT2D eigenvalue weighted by atomic mass is 16.6. The van der Waals surface area contributed by atoms with Crippen LogP contribution >= 0.6 is 0 Å². The molecular weight excluding hydrogens is 300 g/mol. The lowest BCUT2D eigenvalue weighted by Crippen LogP contribution is -1.97. The molecule has 0 unspecified atom stereocenters. The highest BCUT2D eigenvalue weighted by molar-refractivity contribution is 6.10. The summed E-state index contributed by atoms with van der Waals surface area (Å²) in [5, 5.41) is 13.2. The zero-order chi connectivity index (χ0) is 16.7. The summed E-state index contributed by atoms with van der Waals surface area (Å²) in [6.45, 7) is 4.24. The highest BCUT2D eigenvalue weighted by Crippen LogP contribution is 2.33. The van der Waals surface area contributed by atoms with Crippen LogP contribution in [0.25, 0.3) is 27.5 Å². The van der Waals surface area contributed by atoms with Crippen LogP contribution in [0, 0.1) is 10.1 Å². The zero-order valence-electron chi connectivity index (χ0n) is 12.8. The first-order chi connectivity index (χ1) is 11.7. The van der Waals surface area contributed by atoms with Gasteiger partial charge in [0.05, 0.1) is 16.0 Å². The van der Waals surface area contributed by atoms with Gasteiger partial charge in [0.2, 0.25) is 0 Å². The monoisotopic (exact) mass is 314 g/mol. The number of nitro benzene ring substituents is 1. The van der Waals surface area contributed by atoms with E-state index >= 15 is 0 Å². The van der Waals surface area contributed by atoms with E-state index in [1.807, 2.05) is 24.3 Å². The predicted molar refractivity (Wildman–Crippen MR) is 97.0 cm³/mol. The minimum atomic E-state index is -0.396. The number of hydrogen-bond acceptors (Lipinski definition) is 2. The van der Waals surface area contributed by atoms with Gasteiger partial charge in [-0.15, -0.1) is 0 Å². The Kier molecular flexibility index (Phi) is 3.17. The summed E-state index contributed by atoms with van der Waals surface area (Å²) in [7, 11) is 0. The Hall–Kier alpha value is -3.40. The van der Waals surface area contributed by atoms with E-state index in [9.17, 15) is 10.1 Å². The predicted octanol–water partition coefficient (Wildman–Crippen LogP) is 5.22. The standard InChI is InChI=1S/C20H14N2O2/c1-14(15-10-12-16(13-11-15)22(23)24)21-19-8-4-2-6-17(19)18-7-3-5-9-20(18)21/h2-13H,1H2. The van der Waals surface area contributed by atoms with Crippen LogP contribution < -0.4 is 0 Å². The average Bonchev–Trinajstić information content (AvgIpc) is 2.96. The maximum absolute atomic E-state index is 10.8. The van der Waals surface area contributed by atoms with Crippen molar-refractivity contribution in [1.82, 2.24) is 4.57 Å². The molecule has 1 heterocycles. The van der Waals surface area contributed by atoms with E-state index in [1.165, 1.54) is 12.1 Å². The summed E-state index contributed by atoms with van der Waals surface area (Å²) in [5.41, 5.74) is 3.87. The number of hydrogen-bond donors (Lipinski definition) is 0. The Morgan fingerprint density at radius 2 is 1.33 bits per heavy atom. The third-order valence-electron chi connectivity index (χ3n) is 4.26. The van der Waals surface area contributed by atoms with E-state index in [4.69, 9.17) is 0 Å². The number of para-hydroxylation sites is 2. The molecule has 3 aromatic carbocycles. The minimum Gasteiger partial charge on any atom is -0.309 e. The van der Waals surface area contributed by atoms with Gasteiger partial charge in [0.25, 0.3) is 5.69 Å². The van der Waals surface area contributed by atoms with Gasteiger partial charge in [0, 0.05) is 28.6 Å². The first-order valence-corrected chi connectivity index (χ1v) is 7.59. The van der Waals surface area contributed by atoms with Gasteiger partial charge in [0.1, 0.15) is 0 Å². The van der Waals surface area contributed by atoms with Gasteiger partial charge in [-0.1, -0.05) is 43.0 Å². The molecule has 0 N–H and O–H groups in total.